The van der Waals surface area contributed by atoms with Gasteiger partial charge in [-0.3, -0.25) is 0 Å². The molecular formula is C16H22N2S. The summed E-state index contributed by atoms with van der Waals surface area (Å²) in [6.07, 6.45) is 2.08. The fraction of sp³-hybridized carbons (Fsp3) is 0.375. The molecule has 2 rings (SSSR count). The van der Waals surface area contributed by atoms with Gasteiger partial charge in [0.15, 0.2) is 0 Å². The fourth-order valence-electron chi connectivity index (χ4n) is 2.16. The highest BCUT2D eigenvalue weighted by Crippen LogP contribution is 2.17. The zero-order valence-corrected chi connectivity index (χ0v) is 12.3. The van der Waals surface area contributed by atoms with Gasteiger partial charge in [0.25, 0.3) is 0 Å². The summed E-state index contributed by atoms with van der Waals surface area (Å²) in [6, 6.07) is 13.0. The number of rotatable bonds is 7. The molecule has 0 fully saturated rings. The zero-order chi connectivity index (χ0) is 13.5. The summed E-state index contributed by atoms with van der Waals surface area (Å²) in [7, 11) is 0. The lowest BCUT2D eigenvalue weighted by atomic mass is 10.0. The molecule has 1 aromatic heterocycles. The number of benzene rings is 1. The molecule has 2 aromatic rings. The third-order valence-electron chi connectivity index (χ3n) is 3.21. The molecule has 0 radical (unpaired) electrons. The molecule has 0 aliphatic heterocycles. The lowest BCUT2D eigenvalue weighted by Gasteiger charge is -2.09. The standard InChI is InChI=1S/C16H22N2S/c1-2-15-7-8-16(19-15)12-18-11-14-6-4-3-5-13(14)9-10-17/h3-8,18H,2,9-12,17H2,1H3. The molecule has 0 aliphatic rings. The third-order valence-corrected chi connectivity index (χ3v) is 4.44. The lowest BCUT2D eigenvalue weighted by Crippen LogP contribution is -2.14. The van der Waals surface area contributed by atoms with Crippen molar-refractivity contribution in [2.75, 3.05) is 6.54 Å². The van der Waals surface area contributed by atoms with Crippen molar-refractivity contribution in [2.45, 2.75) is 32.9 Å². The summed E-state index contributed by atoms with van der Waals surface area (Å²) in [4.78, 5) is 2.87. The first-order valence-corrected chi connectivity index (χ1v) is 7.70. The maximum atomic E-state index is 5.65. The van der Waals surface area contributed by atoms with E-state index in [4.69, 9.17) is 5.73 Å². The minimum absolute atomic E-state index is 0.710. The van der Waals surface area contributed by atoms with Crippen molar-refractivity contribution in [1.29, 1.82) is 0 Å². The summed E-state index contributed by atoms with van der Waals surface area (Å²) in [6.45, 7) is 4.77. The van der Waals surface area contributed by atoms with E-state index in [0.717, 1.165) is 25.9 Å². The predicted molar refractivity (Wildman–Crippen MR) is 83.4 cm³/mol. The van der Waals surface area contributed by atoms with Gasteiger partial charge >= 0.3 is 0 Å². The van der Waals surface area contributed by atoms with Gasteiger partial charge in [0.05, 0.1) is 0 Å². The first kappa shape index (κ1) is 14.3. The van der Waals surface area contributed by atoms with Crippen LogP contribution in [-0.2, 0) is 25.9 Å². The van der Waals surface area contributed by atoms with Gasteiger partial charge < -0.3 is 11.1 Å². The highest BCUT2D eigenvalue weighted by atomic mass is 32.1. The minimum Gasteiger partial charge on any atom is -0.330 e. The Morgan fingerprint density at radius 2 is 1.74 bits per heavy atom. The second-order valence-corrected chi connectivity index (χ2v) is 5.89. The molecule has 2 nitrogen and oxygen atoms in total. The smallest absolute Gasteiger partial charge is 0.0303 e. The predicted octanol–water partition coefficient (Wildman–Crippen LogP) is 3.10. The van der Waals surface area contributed by atoms with Crippen LogP contribution in [0, 0.1) is 0 Å². The van der Waals surface area contributed by atoms with Crippen LogP contribution in [0.2, 0.25) is 0 Å². The van der Waals surface area contributed by atoms with Crippen molar-refractivity contribution in [1.82, 2.24) is 5.32 Å². The van der Waals surface area contributed by atoms with Crippen molar-refractivity contribution in [3.05, 3.63) is 57.3 Å². The Morgan fingerprint density at radius 3 is 2.42 bits per heavy atom. The Labute approximate surface area is 119 Å². The number of thiophene rings is 1. The first-order chi connectivity index (χ1) is 9.33. The number of hydrogen-bond donors (Lipinski definition) is 2. The largest absolute Gasteiger partial charge is 0.330 e. The Kier molecular flexibility index (Phi) is 5.58. The van der Waals surface area contributed by atoms with Gasteiger partial charge in [-0.2, -0.15) is 0 Å². The third kappa shape index (κ3) is 4.16. The molecule has 102 valence electrons. The van der Waals surface area contributed by atoms with Crippen molar-refractivity contribution in [3.8, 4) is 0 Å². The van der Waals surface area contributed by atoms with Crippen molar-refractivity contribution in [2.24, 2.45) is 5.73 Å². The molecule has 0 bridgehead atoms. The SMILES string of the molecule is CCc1ccc(CNCc2ccccc2CCN)s1. The molecule has 3 heteroatoms. The molecule has 0 amide bonds. The van der Waals surface area contributed by atoms with Crippen molar-refractivity contribution in [3.63, 3.8) is 0 Å². The summed E-state index contributed by atoms with van der Waals surface area (Å²) in [5, 5.41) is 3.52. The molecule has 3 N–H and O–H groups in total. The zero-order valence-electron chi connectivity index (χ0n) is 11.5. The van der Waals surface area contributed by atoms with Crippen LogP contribution in [0.5, 0.6) is 0 Å². The number of hydrogen-bond acceptors (Lipinski definition) is 3. The highest BCUT2D eigenvalue weighted by Gasteiger charge is 2.02. The van der Waals surface area contributed by atoms with E-state index < -0.39 is 0 Å². The lowest BCUT2D eigenvalue weighted by molar-refractivity contribution is 0.694. The topological polar surface area (TPSA) is 38.0 Å². The number of nitrogens with two attached hydrogens (primary N) is 1. The van der Waals surface area contributed by atoms with Gasteiger partial charge in [0.2, 0.25) is 0 Å². The Balaban J connectivity index is 1.88. The summed E-state index contributed by atoms with van der Waals surface area (Å²) < 4.78 is 0. The second kappa shape index (κ2) is 7.43. The van der Waals surface area contributed by atoms with Gasteiger partial charge in [0, 0.05) is 22.8 Å². The van der Waals surface area contributed by atoms with E-state index in [1.807, 2.05) is 11.3 Å². The molecular weight excluding hydrogens is 252 g/mol. The van der Waals surface area contributed by atoms with Crippen LogP contribution < -0.4 is 11.1 Å². The first-order valence-electron chi connectivity index (χ1n) is 6.88. The van der Waals surface area contributed by atoms with E-state index in [9.17, 15) is 0 Å². The van der Waals surface area contributed by atoms with E-state index in [1.54, 1.807) is 0 Å². The molecule has 19 heavy (non-hydrogen) atoms. The van der Waals surface area contributed by atoms with Crippen LogP contribution >= 0.6 is 11.3 Å². The van der Waals surface area contributed by atoms with Crippen molar-refractivity contribution >= 4 is 11.3 Å². The van der Waals surface area contributed by atoms with Crippen LogP contribution in [0.1, 0.15) is 27.8 Å². The normalized spacial score (nSPS) is 10.8. The molecule has 0 atom stereocenters. The molecule has 0 saturated carbocycles. The molecule has 1 heterocycles. The maximum absolute atomic E-state index is 5.65. The van der Waals surface area contributed by atoms with Gasteiger partial charge in [-0.15, -0.1) is 11.3 Å². The minimum atomic E-state index is 0.710. The van der Waals surface area contributed by atoms with Gasteiger partial charge in [-0.25, -0.2) is 0 Å². The van der Waals surface area contributed by atoms with Gasteiger partial charge in [0.1, 0.15) is 0 Å². The second-order valence-electron chi connectivity index (χ2n) is 4.63. The monoisotopic (exact) mass is 274 g/mol. The molecule has 0 saturated heterocycles. The van der Waals surface area contributed by atoms with E-state index in [-0.39, 0.29) is 0 Å². The average molecular weight is 274 g/mol. The van der Waals surface area contributed by atoms with Gasteiger partial charge in [-0.1, -0.05) is 31.2 Å². The quantitative estimate of drug-likeness (QED) is 0.814. The van der Waals surface area contributed by atoms with Gasteiger partial charge in [-0.05, 0) is 42.6 Å². The Hall–Kier alpha value is -1.16. The van der Waals surface area contributed by atoms with E-state index >= 15 is 0 Å². The molecule has 1 aromatic carbocycles. The molecule has 0 unspecified atom stereocenters. The summed E-state index contributed by atoms with van der Waals surface area (Å²) in [5.41, 5.74) is 8.37. The van der Waals surface area contributed by atoms with E-state index in [1.165, 1.54) is 20.9 Å². The Bertz CT molecular complexity index is 505. The van der Waals surface area contributed by atoms with Crippen LogP contribution in [0.15, 0.2) is 36.4 Å². The van der Waals surface area contributed by atoms with Crippen LogP contribution in [0.3, 0.4) is 0 Å². The number of aryl methyl sites for hydroxylation is 1. The highest BCUT2D eigenvalue weighted by molar-refractivity contribution is 7.11. The molecule has 0 spiro atoms. The van der Waals surface area contributed by atoms with Crippen LogP contribution in [0.25, 0.3) is 0 Å². The molecule has 0 aliphatic carbocycles. The van der Waals surface area contributed by atoms with E-state index in [0.29, 0.717) is 6.54 Å². The number of nitrogens with one attached hydrogen (secondary N) is 1. The Morgan fingerprint density at radius 1 is 1.00 bits per heavy atom. The van der Waals surface area contributed by atoms with Crippen LogP contribution in [-0.4, -0.2) is 6.54 Å². The average Bonchev–Trinajstić information content (AvgIpc) is 2.89. The van der Waals surface area contributed by atoms with Crippen LogP contribution in [0.4, 0.5) is 0 Å². The summed E-state index contributed by atoms with van der Waals surface area (Å²) >= 11 is 1.90. The fourth-order valence-corrected chi connectivity index (χ4v) is 3.08. The van der Waals surface area contributed by atoms with E-state index in [2.05, 4.69) is 48.6 Å². The summed E-state index contributed by atoms with van der Waals surface area (Å²) in [5.74, 6) is 0. The maximum Gasteiger partial charge on any atom is 0.0303 e. The van der Waals surface area contributed by atoms with Crippen molar-refractivity contribution < 1.29 is 0 Å².